The highest BCUT2D eigenvalue weighted by Crippen LogP contribution is 2.23. The summed E-state index contributed by atoms with van der Waals surface area (Å²) < 4.78 is 22.8. The van der Waals surface area contributed by atoms with Crippen molar-refractivity contribution >= 4 is 33.0 Å². The van der Waals surface area contributed by atoms with Crippen molar-refractivity contribution in [3.8, 4) is 0 Å². The Bertz CT molecular complexity index is 601. The van der Waals surface area contributed by atoms with Crippen molar-refractivity contribution in [1.29, 1.82) is 0 Å². The first-order valence-corrected chi connectivity index (χ1v) is 8.10. The summed E-state index contributed by atoms with van der Waals surface area (Å²) in [5.74, 6) is 0.0681. The van der Waals surface area contributed by atoms with Crippen molar-refractivity contribution < 1.29 is 13.2 Å². The van der Waals surface area contributed by atoms with E-state index >= 15 is 0 Å². The van der Waals surface area contributed by atoms with E-state index in [1.807, 2.05) is 0 Å². The zero-order chi connectivity index (χ0) is 14.0. The third kappa shape index (κ3) is 3.39. The molecule has 1 saturated heterocycles. The largest absolute Gasteiger partial charge is 0.381 e. The highest BCUT2D eigenvalue weighted by Gasteiger charge is 2.27. The maximum atomic E-state index is 11.6. The molecule has 1 aliphatic rings. The lowest BCUT2D eigenvalue weighted by molar-refractivity contribution is 0.0963. The van der Waals surface area contributed by atoms with E-state index in [0.29, 0.717) is 22.7 Å². The van der Waals surface area contributed by atoms with Crippen LogP contribution in [-0.2, 0) is 9.84 Å². The number of sulfone groups is 1. The maximum absolute atomic E-state index is 11.6. The molecule has 1 amide bonds. The van der Waals surface area contributed by atoms with E-state index in [-0.39, 0.29) is 23.5 Å². The van der Waals surface area contributed by atoms with Gasteiger partial charge < -0.3 is 10.6 Å². The number of anilines is 1. The van der Waals surface area contributed by atoms with Gasteiger partial charge in [0.05, 0.1) is 22.1 Å². The molecule has 5 nitrogen and oxygen atoms in total. The molecule has 7 heteroatoms. The number of halogens is 1. The van der Waals surface area contributed by atoms with E-state index in [4.69, 9.17) is 11.6 Å². The van der Waals surface area contributed by atoms with Crippen LogP contribution >= 0.6 is 11.6 Å². The molecule has 2 N–H and O–H groups in total. The number of benzene rings is 1. The Hall–Kier alpha value is -1.27. The van der Waals surface area contributed by atoms with Crippen LogP contribution in [0.5, 0.6) is 0 Å². The summed E-state index contributed by atoms with van der Waals surface area (Å²) in [6.07, 6.45) is 0.584. The number of carbonyl (C=O) groups is 1. The van der Waals surface area contributed by atoms with E-state index in [1.165, 1.54) is 7.05 Å². The standard InChI is InChI=1S/C12H15ClN2O3S/c1-14-12(16)10-6-8(2-3-11(10)13)15-9-4-5-19(17,18)7-9/h2-3,6,9,15H,4-5,7H2,1H3,(H,14,16). The number of nitrogens with one attached hydrogen (secondary N) is 2. The Morgan fingerprint density at radius 3 is 2.74 bits per heavy atom. The Kier molecular flexibility index (Phi) is 4.01. The molecule has 1 heterocycles. The Morgan fingerprint density at radius 1 is 1.42 bits per heavy atom. The van der Waals surface area contributed by atoms with Crippen LogP contribution in [-0.4, -0.2) is 38.9 Å². The summed E-state index contributed by atoms with van der Waals surface area (Å²) >= 11 is 5.95. The summed E-state index contributed by atoms with van der Waals surface area (Å²) in [5.41, 5.74) is 1.07. The minimum absolute atomic E-state index is 0.108. The summed E-state index contributed by atoms with van der Waals surface area (Å²) in [7, 11) is -1.39. The topological polar surface area (TPSA) is 75.3 Å². The minimum atomic E-state index is -2.92. The first-order valence-electron chi connectivity index (χ1n) is 5.90. The number of rotatable bonds is 3. The summed E-state index contributed by atoms with van der Waals surface area (Å²) in [5, 5.41) is 6.00. The van der Waals surface area contributed by atoms with Crippen LogP contribution in [0.1, 0.15) is 16.8 Å². The minimum Gasteiger partial charge on any atom is -0.381 e. The smallest absolute Gasteiger partial charge is 0.252 e. The van der Waals surface area contributed by atoms with E-state index in [1.54, 1.807) is 18.2 Å². The molecule has 0 aliphatic carbocycles. The van der Waals surface area contributed by atoms with Gasteiger partial charge in [0.15, 0.2) is 9.84 Å². The van der Waals surface area contributed by atoms with Crippen LogP contribution in [0.25, 0.3) is 0 Å². The van der Waals surface area contributed by atoms with Crippen molar-refractivity contribution in [2.75, 3.05) is 23.9 Å². The molecule has 2 rings (SSSR count). The zero-order valence-corrected chi connectivity index (χ0v) is 12.0. The van der Waals surface area contributed by atoms with Gasteiger partial charge in [-0.1, -0.05) is 11.6 Å². The number of amides is 1. The third-order valence-electron chi connectivity index (χ3n) is 3.04. The molecule has 1 fully saturated rings. The molecule has 1 unspecified atom stereocenters. The molecular weight excluding hydrogens is 288 g/mol. The highest BCUT2D eigenvalue weighted by molar-refractivity contribution is 7.91. The maximum Gasteiger partial charge on any atom is 0.252 e. The van der Waals surface area contributed by atoms with E-state index in [2.05, 4.69) is 10.6 Å². The summed E-state index contributed by atoms with van der Waals surface area (Å²) in [4.78, 5) is 11.6. The molecular formula is C12H15ClN2O3S. The average molecular weight is 303 g/mol. The van der Waals surface area contributed by atoms with Gasteiger partial charge in [-0.25, -0.2) is 8.42 Å². The second-order valence-corrected chi connectivity index (χ2v) is 7.15. The molecule has 0 saturated carbocycles. The van der Waals surface area contributed by atoms with Crippen LogP contribution in [0, 0.1) is 0 Å². The molecule has 0 radical (unpaired) electrons. The van der Waals surface area contributed by atoms with E-state index in [9.17, 15) is 13.2 Å². The molecule has 0 bridgehead atoms. The number of carbonyl (C=O) groups excluding carboxylic acids is 1. The zero-order valence-electron chi connectivity index (χ0n) is 10.4. The van der Waals surface area contributed by atoms with Crippen LogP contribution in [0.2, 0.25) is 5.02 Å². The van der Waals surface area contributed by atoms with Crippen LogP contribution < -0.4 is 10.6 Å². The first-order chi connectivity index (χ1) is 8.91. The lowest BCUT2D eigenvalue weighted by Gasteiger charge is -2.13. The van der Waals surface area contributed by atoms with Gasteiger partial charge in [-0.05, 0) is 24.6 Å². The molecule has 1 aromatic rings. The predicted octanol–water partition coefficient (Wildman–Crippen LogP) is 1.30. The Labute approximate surface area is 117 Å². The fourth-order valence-corrected chi connectivity index (χ4v) is 3.95. The predicted molar refractivity (Wildman–Crippen MR) is 75.5 cm³/mol. The summed E-state index contributed by atoms with van der Waals surface area (Å²) in [6.45, 7) is 0. The van der Waals surface area contributed by atoms with Gasteiger partial charge in [0.1, 0.15) is 0 Å². The van der Waals surface area contributed by atoms with Crippen molar-refractivity contribution in [3.05, 3.63) is 28.8 Å². The van der Waals surface area contributed by atoms with Gasteiger partial charge in [-0.3, -0.25) is 4.79 Å². The van der Waals surface area contributed by atoms with Crippen LogP contribution in [0.15, 0.2) is 18.2 Å². The van der Waals surface area contributed by atoms with Crippen molar-refractivity contribution in [3.63, 3.8) is 0 Å². The molecule has 104 valence electrons. The van der Waals surface area contributed by atoms with Crippen molar-refractivity contribution in [1.82, 2.24) is 5.32 Å². The number of hydrogen-bond donors (Lipinski definition) is 2. The van der Waals surface area contributed by atoms with Gasteiger partial charge in [-0.15, -0.1) is 0 Å². The summed E-state index contributed by atoms with van der Waals surface area (Å²) in [6, 6.07) is 4.88. The van der Waals surface area contributed by atoms with E-state index < -0.39 is 9.84 Å². The fourth-order valence-electron chi connectivity index (χ4n) is 2.07. The third-order valence-corrected chi connectivity index (χ3v) is 5.14. The quantitative estimate of drug-likeness (QED) is 0.882. The highest BCUT2D eigenvalue weighted by atomic mass is 35.5. The number of hydrogen-bond acceptors (Lipinski definition) is 4. The second kappa shape index (κ2) is 5.38. The van der Waals surface area contributed by atoms with Crippen molar-refractivity contribution in [2.45, 2.75) is 12.5 Å². The second-order valence-electron chi connectivity index (χ2n) is 4.52. The molecule has 1 aliphatic heterocycles. The van der Waals surface area contributed by atoms with Gasteiger partial charge in [-0.2, -0.15) is 0 Å². The molecule has 19 heavy (non-hydrogen) atoms. The SMILES string of the molecule is CNC(=O)c1cc(NC2CCS(=O)(=O)C2)ccc1Cl. The lowest BCUT2D eigenvalue weighted by atomic mass is 10.1. The average Bonchev–Trinajstić information content (AvgIpc) is 2.70. The van der Waals surface area contributed by atoms with Crippen LogP contribution in [0.3, 0.4) is 0 Å². The normalized spacial score (nSPS) is 21.1. The van der Waals surface area contributed by atoms with Crippen molar-refractivity contribution in [2.24, 2.45) is 0 Å². The van der Waals surface area contributed by atoms with Gasteiger partial charge >= 0.3 is 0 Å². The molecule has 1 aromatic carbocycles. The molecule has 0 spiro atoms. The van der Waals surface area contributed by atoms with Crippen LogP contribution in [0.4, 0.5) is 5.69 Å². The Balaban J connectivity index is 2.16. The van der Waals surface area contributed by atoms with E-state index in [0.717, 1.165) is 0 Å². The van der Waals surface area contributed by atoms with Gasteiger partial charge in [0.2, 0.25) is 0 Å². The molecule has 0 aromatic heterocycles. The van der Waals surface area contributed by atoms with Gasteiger partial charge in [0.25, 0.3) is 5.91 Å². The monoisotopic (exact) mass is 302 g/mol. The molecule has 1 atom stereocenters. The van der Waals surface area contributed by atoms with Gasteiger partial charge in [0, 0.05) is 18.8 Å². The lowest BCUT2D eigenvalue weighted by Crippen LogP contribution is -2.22. The fraction of sp³-hybridized carbons (Fsp3) is 0.417. The Morgan fingerprint density at radius 2 is 2.16 bits per heavy atom. The first kappa shape index (κ1) is 14.1.